The Morgan fingerprint density at radius 1 is 1.50 bits per heavy atom. The smallest absolute Gasteiger partial charge is 0.126 e. The van der Waals surface area contributed by atoms with Crippen LogP contribution in [0.15, 0.2) is 18.3 Å². The Morgan fingerprint density at radius 2 is 2.29 bits per heavy atom. The van der Waals surface area contributed by atoms with E-state index in [1.165, 1.54) is 12.8 Å². The number of aromatic nitrogens is 1. The van der Waals surface area contributed by atoms with Gasteiger partial charge in [-0.3, -0.25) is 0 Å². The van der Waals surface area contributed by atoms with E-state index in [9.17, 15) is 0 Å². The Balaban J connectivity index is 1.82. The van der Waals surface area contributed by atoms with Gasteiger partial charge in [-0.05, 0) is 30.9 Å². The third-order valence-corrected chi connectivity index (χ3v) is 3.07. The van der Waals surface area contributed by atoms with E-state index in [-0.39, 0.29) is 5.38 Å². The van der Waals surface area contributed by atoms with E-state index in [1.54, 1.807) is 6.20 Å². The van der Waals surface area contributed by atoms with Gasteiger partial charge in [-0.1, -0.05) is 11.6 Å². The minimum Gasteiger partial charge on any atom is -0.369 e. The Kier molecular flexibility index (Phi) is 3.14. The Labute approximate surface area is 93.6 Å². The molecule has 1 aliphatic carbocycles. The maximum atomic E-state index is 6.14. The predicted octanol–water partition coefficient (Wildman–Crippen LogP) is 3.16. The van der Waals surface area contributed by atoms with E-state index in [0.29, 0.717) is 10.9 Å². The first-order chi connectivity index (χ1) is 6.75. The zero-order valence-corrected chi connectivity index (χ0v) is 9.22. The number of pyridine rings is 1. The molecular formula is C10H12Cl2N2. The summed E-state index contributed by atoms with van der Waals surface area (Å²) in [6.07, 6.45) is 4.16. The fraction of sp³-hybridized carbons (Fsp3) is 0.500. The van der Waals surface area contributed by atoms with Gasteiger partial charge in [0.25, 0.3) is 0 Å². The molecule has 2 rings (SSSR count). The first kappa shape index (κ1) is 10.1. The highest BCUT2D eigenvalue weighted by molar-refractivity contribution is 6.30. The molecule has 1 heterocycles. The molecule has 0 radical (unpaired) electrons. The van der Waals surface area contributed by atoms with Crippen LogP contribution in [0.4, 0.5) is 5.82 Å². The number of rotatable bonds is 4. The zero-order chi connectivity index (χ0) is 9.97. The van der Waals surface area contributed by atoms with Crippen LogP contribution in [0, 0.1) is 5.92 Å². The van der Waals surface area contributed by atoms with Gasteiger partial charge in [0.15, 0.2) is 0 Å². The van der Waals surface area contributed by atoms with E-state index >= 15 is 0 Å². The number of hydrogen-bond acceptors (Lipinski definition) is 2. The van der Waals surface area contributed by atoms with E-state index in [1.807, 2.05) is 12.1 Å². The van der Waals surface area contributed by atoms with Crippen LogP contribution in [0.5, 0.6) is 0 Å². The lowest BCUT2D eigenvalue weighted by atomic mass is 10.3. The van der Waals surface area contributed by atoms with Gasteiger partial charge in [-0.2, -0.15) is 0 Å². The number of anilines is 1. The van der Waals surface area contributed by atoms with Crippen LogP contribution in [-0.2, 0) is 0 Å². The molecule has 1 aromatic rings. The van der Waals surface area contributed by atoms with Crippen LogP contribution in [-0.4, -0.2) is 16.9 Å². The monoisotopic (exact) mass is 230 g/mol. The number of alkyl halides is 1. The topological polar surface area (TPSA) is 24.9 Å². The molecule has 14 heavy (non-hydrogen) atoms. The number of nitrogens with one attached hydrogen (secondary N) is 1. The van der Waals surface area contributed by atoms with Crippen LogP contribution < -0.4 is 5.32 Å². The van der Waals surface area contributed by atoms with Crippen LogP contribution >= 0.6 is 23.2 Å². The molecule has 4 heteroatoms. The van der Waals surface area contributed by atoms with E-state index < -0.39 is 0 Å². The summed E-state index contributed by atoms with van der Waals surface area (Å²) in [6.45, 7) is 0.779. The summed E-state index contributed by atoms with van der Waals surface area (Å²) in [5.41, 5.74) is 0. The van der Waals surface area contributed by atoms with Gasteiger partial charge in [0, 0.05) is 12.7 Å². The lowest BCUT2D eigenvalue weighted by molar-refractivity contribution is 0.768. The average molecular weight is 231 g/mol. The standard InChI is InChI=1S/C10H12Cl2N2/c11-8-3-4-10(13-5-8)14-6-9(12)7-1-2-7/h3-5,7,9H,1-2,6H2,(H,13,14). The summed E-state index contributed by atoms with van der Waals surface area (Å²) in [7, 11) is 0. The van der Waals surface area contributed by atoms with Gasteiger partial charge in [-0.15, -0.1) is 11.6 Å². The first-order valence-corrected chi connectivity index (χ1v) is 5.56. The second-order valence-corrected chi connectivity index (χ2v) is 4.59. The van der Waals surface area contributed by atoms with Crippen molar-refractivity contribution in [3.8, 4) is 0 Å². The molecule has 1 aliphatic rings. The number of hydrogen-bond donors (Lipinski definition) is 1. The molecule has 1 aromatic heterocycles. The fourth-order valence-corrected chi connectivity index (χ4v) is 1.75. The normalized spacial score (nSPS) is 17.9. The predicted molar refractivity (Wildman–Crippen MR) is 60.1 cm³/mol. The molecule has 0 bridgehead atoms. The Morgan fingerprint density at radius 3 is 2.86 bits per heavy atom. The average Bonchev–Trinajstić information content (AvgIpc) is 3.00. The third-order valence-electron chi connectivity index (χ3n) is 2.34. The summed E-state index contributed by atoms with van der Waals surface area (Å²) >= 11 is 11.9. The molecule has 2 nitrogen and oxygen atoms in total. The third kappa shape index (κ3) is 2.76. The molecule has 1 N–H and O–H groups in total. The van der Waals surface area contributed by atoms with Gasteiger partial charge in [0.05, 0.1) is 10.4 Å². The second-order valence-electron chi connectivity index (χ2n) is 3.60. The maximum absolute atomic E-state index is 6.14. The van der Waals surface area contributed by atoms with Crippen molar-refractivity contribution in [1.82, 2.24) is 4.98 Å². The Hall–Kier alpha value is -0.470. The lowest BCUT2D eigenvalue weighted by Gasteiger charge is -2.09. The van der Waals surface area contributed by atoms with Crippen LogP contribution in [0.2, 0.25) is 5.02 Å². The van der Waals surface area contributed by atoms with Crippen LogP contribution in [0.3, 0.4) is 0 Å². The minimum absolute atomic E-state index is 0.229. The van der Waals surface area contributed by atoms with Gasteiger partial charge in [0.2, 0.25) is 0 Å². The summed E-state index contributed by atoms with van der Waals surface area (Å²) in [5, 5.41) is 4.07. The van der Waals surface area contributed by atoms with Crippen LogP contribution in [0.1, 0.15) is 12.8 Å². The highest BCUT2D eigenvalue weighted by Crippen LogP contribution is 2.35. The molecule has 0 aliphatic heterocycles. The molecule has 1 unspecified atom stereocenters. The molecule has 0 amide bonds. The summed E-state index contributed by atoms with van der Waals surface area (Å²) < 4.78 is 0. The molecule has 0 spiro atoms. The highest BCUT2D eigenvalue weighted by Gasteiger charge is 2.29. The molecule has 76 valence electrons. The van der Waals surface area contributed by atoms with Crippen molar-refractivity contribution in [3.63, 3.8) is 0 Å². The van der Waals surface area contributed by atoms with E-state index in [0.717, 1.165) is 12.4 Å². The largest absolute Gasteiger partial charge is 0.369 e. The van der Waals surface area contributed by atoms with Crippen molar-refractivity contribution in [2.24, 2.45) is 5.92 Å². The fourth-order valence-electron chi connectivity index (χ4n) is 1.31. The number of nitrogens with zero attached hydrogens (tertiary/aromatic N) is 1. The zero-order valence-electron chi connectivity index (χ0n) is 7.71. The van der Waals surface area contributed by atoms with Crippen molar-refractivity contribution in [2.75, 3.05) is 11.9 Å². The van der Waals surface area contributed by atoms with E-state index in [2.05, 4.69) is 10.3 Å². The van der Waals surface area contributed by atoms with Crippen LogP contribution in [0.25, 0.3) is 0 Å². The summed E-state index contributed by atoms with van der Waals surface area (Å²) in [4.78, 5) is 4.13. The summed E-state index contributed by atoms with van der Waals surface area (Å²) in [6, 6.07) is 3.68. The van der Waals surface area contributed by atoms with E-state index in [4.69, 9.17) is 23.2 Å². The molecule has 1 fully saturated rings. The van der Waals surface area contributed by atoms with Crippen molar-refractivity contribution in [2.45, 2.75) is 18.2 Å². The molecule has 0 saturated heterocycles. The first-order valence-electron chi connectivity index (χ1n) is 4.75. The van der Waals surface area contributed by atoms with Gasteiger partial charge in [0.1, 0.15) is 5.82 Å². The summed E-state index contributed by atoms with van der Waals surface area (Å²) in [5.74, 6) is 1.54. The number of halogens is 2. The minimum atomic E-state index is 0.229. The molecule has 1 atom stereocenters. The van der Waals surface area contributed by atoms with Crippen molar-refractivity contribution < 1.29 is 0 Å². The lowest BCUT2D eigenvalue weighted by Crippen LogP contribution is -2.16. The van der Waals surface area contributed by atoms with Crippen molar-refractivity contribution >= 4 is 29.0 Å². The molecule has 0 aromatic carbocycles. The maximum Gasteiger partial charge on any atom is 0.126 e. The second kappa shape index (κ2) is 4.37. The highest BCUT2D eigenvalue weighted by atomic mass is 35.5. The van der Waals surface area contributed by atoms with Crippen molar-refractivity contribution in [3.05, 3.63) is 23.4 Å². The van der Waals surface area contributed by atoms with Gasteiger partial charge < -0.3 is 5.32 Å². The van der Waals surface area contributed by atoms with Gasteiger partial charge >= 0.3 is 0 Å². The quantitative estimate of drug-likeness (QED) is 0.805. The van der Waals surface area contributed by atoms with Gasteiger partial charge in [-0.25, -0.2) is 4.98 Å². The van der Waals surface area contributed by atoms with Crippen molar-refractivity contribution in [1.29, 1.82) is 0 Å². The molecule has 1 saturated carbocycles. The molecular weight excluding hydrogens is 219 g/mol. The SMILES string of the molecule is Clc1ccc(NCC(Cl)C2CC2)nc1. The Bertz CT molecular complexity index is 295.